The summed E-state index contributed by atoms with van der Waals surface area (Å²) < 4.78 is 21.8. The molecule has 5 aliphatic rings. The second-order valence-electron chi connectivity index (χ2n) is 10.0. The van der Waals surface area contributed by atoms with Crippen molar-refractivity contribution in [3.05, 3.63) is 22.8 Å². The number of ether oxygens (including phenoxy) is 1. The molecule has 4 aliphatic carbocycles. The van der Waals surface area contributed by atoms with Crippen LogP contribution >= 0.6 is 11.6 Å². The van der Waals surface area contributed by atoms with Gasteiger partial charge < -0.3 is 14.9 Å². The van der Waals surface area contributed by atoms with E-state index in [0.717, 1.165) is 0 Å². The van der Waals surface area contributed by atoms with Gasteiger partial charge in [-0.1, -0.05) is 31.5 Å². The van der Waals surface area contributed by atoms with E-state index in [1.54, 1.807) is 6.08 Å². The predicted molar refractivity (Wildman–Crippen MR) is 103 cm³/mol. The molecule has 1 unspecified atom stereocenters. The van der Waals surface area contributed by atoms with Gasteiger partial charge in [0.05, 0.1) is 11.1 Å². The number of aliphatic hydroxyl groups excluding tert-OH is 1. The summed E-state index contributed by atoms with van der Waals surface area (Å²) in [6.45, 7) is 4.88. The molecule has 0 aromatic carbocycles. The molecule has 9 atom stereocenters. The van der Waals surface area contributed by atoms with Crippen LogP contribution in [0.4, 0.5) is 4.39 Å². The van der Waals surface area contributed by atoms with E-state index in [-0.39, 0.29) is 41.1 Å². The maximum Gasteiger partial charge on any atom is 0.196 e. The van der Waals surface area contributed by atoms with E-state index in [9.17, 15) is 19.8 Å². The third kappa shape index (κ3) is 1.94. The van der Waals surface area contributed by atoms with Crippen molar-refractivity contribution in [2.24, 2.45) is 28.6 Å². The van der Waals surface area contributed by atoms with Crippen molar-refractivity contribution in [1.82, 2.24) is 0 Å². The Hall–Kier alpha value is -1.08. The SMILES string of the molecule is C[C@H]1C[C@H]2[C@@H]3C[C@H](F)C4=C(Cl)C(=O)C=C[C@]4(C)[C@]34OC4C[C@]2(C)[C@@]1(O)C(=O)CO. The number of fused-ring (bicyclic) bond motifs is 3. The van der Waals surface area contributed by atoms with Gasteiger partial charge in [-0.15, -0.1) is 0 Å². The molecule has 1 saturated heterocycles. The van der Waals surface area contributed by atoms with Crippen LogP contribution in [-0.2, 0) is 14.3 Å². The van der Waals surface area contributed by atoms with Crippen LogP contribution < -0.4 is 0 Å². The van der Waals surface area contributed by atoms with E-state index in [2.05, 4.69) is 0 Å². The van der Waals surface area contributed by atoms with E-state index in [4.69, 9.17) is 16.3 Å². The van der Waals surface area contributed by atoms with Crippen molar-refractivity contribution >= 4 is 23.2 Å². The molecule has 7 heteroatoms. The van der Waals surface area contributed by atoms with Gasteiger partial charge in [-0.2, -0.15) is 0 Å². The minimum Gasteiger partial charge on any atom is -0.388 e. The molecule has 1 aliphatic heterocycles. The zero-order chi connectivity index (χ0) is 21.1. The summed E-state index contributed by atoms with van der Waals surface area (Å²) in [5.41, 5.74) is -3.68. The fraction of sp³-hybridized carbons (Fsp3) is 0.727. The summed E-state index contributed by atoms with van der Waals surface area (Å²) >= 11 is 6.28. The first-order chi connectivity index (χ1) is 13.5. The number of ketones is 2. The van der Waals surface area contributed by atoms with Crippen molar-refractivity contribution in [2.45, 2.75) is 63.5 Å². The molecule has 4 fully saturated rings. The Labute approximate surface area is 173 Å². The zero-order valence-electron chi connectivity index (χ0n) is 16.7. The van der Waals surface area contributed by atoms with Gasteiger partial charge in [0, 0.05) is 10.8 Å². The Bertz CT molecular complexity index is 900. The van der Waals surface area contributed by atoms with Crippen LogP contribution in [0, 0.1) is 28.6 Å². The van der Waals surface area contributed by atoms with Gasteiger partial charge in [-0.25, -0.2) is 4.39 Å². The summed E-state index contributed by atoms with van der Waals surface area (Å²) in [6, 6.07) is 0. The molecule has 0 bridgehead atoms. The van der Waals surface area contributed by atoms with E-state index in [0.29, 0.717) is 18.4 Å². The molecule has 5 rings (SSSR count). The molecule has 29 heavy (non-hydrogen) atoms. The number of epoxide rings is 1. The van der Waals surface area contributed by atoms with Gasteiger partial charge in [0.1, 0.15) is 24.0 Å². The normalized spacial score (nSPS) is 55.1. The lowest BCUT2D eigenvalue weighted by Crippen LogP contribution is -2.63. The Morgan fingerprint density at radius 1 is 1.34 bits per heavy atom. The molecule has 5 nitrogen and oxygen atoms in total. The standard InChI is InChI=1S/C22H26ClFO5/c1-10-6-11-12-7-13(24)17-18(23)14(26)4-5-19(17,2)22(12)16(29-22)8-20(11,3)21(10,28)15(27)9-25/h4-5,10-13,16,25,28H,6-9H2,1-3H3/t10-,11-,12-,13-,16?,19-,20-,21-,22-/m0/s1. The smallest absolute Gasteiger partial charge is 0.196 e. The van der Waals surface area contributed by atoms with Crippen LogP contribution in [0.2, 0.25) is 0 Å². The second kappa shape index (κ2) is 5.58. The number of carbonyl (C=O) groups excluding carboxylic acids is 2. The molecular weight excluding hydrogens is 399 g/mol. The van der Waals surface area contributed by atoms with Crippen LogP contribution in [0.3, 0.4) is 0 Å². The van der Waals surface area contributed by atoms with Crippen molar-refractivity contribution in [3.8, 4) is 0 Å². The molecule has 0 radical (unpaired) electrons. The number of hydrogen-bond donors (Lipinski definition) is 2. The fourth-order valence-electron chi connectivity index (χ4n) is 7.78. The lowest BCUT2D eigenvalue weighted by Gasteiger charge is -2.56. The Morgan fingerprint density at radius 2 is 2.03 bits per heavy atom. The Kier molecular flexibility index (Phi) is 3.82. The third-order valence-electron chi connectivity index (χ3n) is 9.15. The molecule has 0 aromatic heterocycles. The third-order valence-corrected chi connectivity index (χ3v) is 9.54. The summed E-state index contributed by atoms with van der Waals surface area (Å²) in [7, 11) is 0. The van der Waals surface area contributed by atoms with Crippen molar-refractivity contribution in [1.29, 1.82) is 0 Å². The number of alkyl halides is 1. The van der Waals surface area contributed by atoms with Crippen LogP contribution in [0.15, 0.2) is 22.8 Å². The van der Waals surface area contributed by atoms with Crippen LogP contribution in [-0.4, -0.2) is 51.9 Å². The molecule has 2 N–H and O–H groups in total. The Balaban J connectivity index is 1.64. The number of carbonyl (C=O) groups is 2. The van der Waals surface area contributed by atoms with Crippen LogP contribution in [0.5, 0.6) is 0 Å². The van der Waals surface area contributed by atoms with Gasteiger partial charge in [0.2, 0.25) is 0 Å². The molecule has 0 amide bonds. The fourth-order valence-corrected chi connectivity index (χ4v) is 8.16. The zero-order valence-corrected chi connectivity index (χ0v) is 17.5. The van der Waals surface area contributed by atoms with Gasteiger partial charge in [-0.3, -0.25) is 9.59 Å². The minimum absolute atomic E-state index is 0.0512. The highest BCUT2D eigenvalue weighted by Gasteiger charge is 2.83. The highest BCUT2D eigenvalue weighted by molar-refractivity contribution is 6.45. The van der Waals surface area contributed by atoms with E-state index >= 15 is 4.39 Å². The summed E-state index contributed by atoms with van der Waals surface area (Å²) in [4.78, 5) is 24.7. The van der Waals surface area contributed by atoms with Gasteiger partial charge in [-0.05, 0) is 55.6 Å². The topological polar surface area (TPSA) is 87.1 Å². The lowest BCUT2D eigenvalue weighted by atomic mass is 9.46. The second-order valence-corrected chi connectivity index (χ2v) is 10.4. The summed E-state index contributed by atoms with van der Waals surface area (Å²) in [5, 5.41) is 21.0. The lowest BCUT2D eigenvalue weighted by molar-refractivity contribution is -0.166. The number of allylic oxidation sites excluding steroid dienone is 2. The first kappa shape index (κ1) is 19.9. The average molecular weight is 425 g/mol. The average Bonchev–Trinajstić information content (AvgIpc) is 3.35. The number of hydrogen-bond acceptors (Lipinski definition) is 5. The summed E-state index contributed by atoms with van der Waals surface area (Å²) in [5.74, 6) is -1.67. The molecule has 1 spiro atoms. The maximum atomic E-state index is 15.5. The molecule has 1 heterocycles. The number of rotatable bonds is 2. The largest absolute Gasteiger partial charge is 0.388 e. The van der Waals surface area contributed by atoms with Gasteiger partial charge in [0.15, 0.2) is 11.6 Å². The van der Waals surface area contributed by atoms with E-state index in [1.807, 2.05) is 20.8 Å². The monoisotopic (exact) mass is 424 g/mol. The first-order valence-corrected chi connectivity index (χ1v) is 10.7. The van der Waals surface area contributed by atoms with E-state index in [1.165, 1.54) is 6.08 Å². The van der Waals surface area contributed by atoms with Gasteiger partial charge in [0.25, 0.3) is 0 Å². The number of Topliss-reactive ketones (excluding diaryl/α,β-unsaturated/α-hetero) is 1. The first-order valence-electron chi connectivity index (χ1n) is 10.3. The molecule has 3 saturated carbocycles. The molecule has 158 valence electrons. The van der Waals surface area contributed by atoms with Crippen molar-refractivity contribution in [2.75, 3.05) is 6.61 Å². The maximum absolute atomic E-state index is 15.5. The van der Waals surface area contributed by atoms with Gasteiger partial charge >= 0.3 is 0 Å². The van der Waals surface area contributed by atoms with Crippen molar-refractivity contribution in [3.63, 3.8) is 0 Å². The molecule has 0 aromatic rings. The highest BCUT2D eigenvalue weighted by atomic mass is 35.5. The quantitative estimate of drug-likeness (QED) is 0.665. The number of halogens is 2. The van der Waals surface area contributed by atoms with E-state index < -0.39 is 40.6 Å². The summed E-state index contributed by atoms with van der Waals surface area (Å²) in [6.07, 6.45) is 2.63. The Morgan fingerprint density at radius 3 is 2.69 bits per heavy atom. The molecular formula is C22H26ClFO5. The van der Waals surface area contributed by atoms with Crippen LogP contribution in [0.25, 0.3) is 0 Å². The predicted octanol–water partition coefficient (Wildman–Crippen LogP) is 2.48. The highest BCUT2D eigenvalue weighted by Crippen LogP contribution is 2.77. The van der Waals surface area contributed by atoms with Crippen molar-refractivity contribution < 1.29 is 28.9 Å². The minimum atomic E-state index is -1.66. The van der Waals surface area contributed by atoms with Crippen LogP contribution in [0.1, 0.15) is 40.0 Å². The number of aliphatic hydroxyl groups is 2.